The lowest BCUT2D eigenvalue weighted by molar-refractivity contribution is -0.274. The zero-order chi connectivity index (χ0) is 31.4. The van der Waals surface area contributed by atoms with Crippen molar-refractivity contribution in [2.75, 3.05) is 18.6 Å². The number of para-hydroxylation sites is 1. The maximum absolute atomic E-state index is 14.9. The van der Waals surface area contributed by atoms with E-state index in [-0.39, 0.29) is 29.2 Å². The van der Waals surface area contributed by atoms with E-state index in [0.717, 1.165) is 0 Å². The zero-order valence-electron chi connectivity index (χ0n) is 23.4. The van der Waals surface area contributed by atoms with Crippen LogP contribution in [0.5, 0.6) is 11.5 Å². The number of ether oxygens (including phenoxy) is 2. The first-order chi connectivity index (χ1) is 21.0. The molecule has 1 aromatic heterocycles. The van der Waals surface area contributed by atoms with E-state index < -0.39 is 18.1 Å². The number of benzene rings is 4. The molecule has 0 radical (unpaired) electrons. The van der Waals surface area contributed by atoms with Crippen LogP contribution in [0.3, 0.4) is 0 Å². The fourth-order valence-corrected chi connectivity index (χ4v) is 4.50. The minimum Gasteiger partial charge on any atom is -0.496 e. The lowest BCUT2D eigenvalue weighted by Crippen LogP contribution is -2.35. The lowest BCUT2D eigenvalue weighted by atomic mass is 10.0. The monoisotopic (exact) mass is 604 g/mol. The van der Waals surface area contributed by atoms with Gasteiger partial charge in [0.1, 0.15) is 29.4 Å². The quantitative estimate of drug-likeness (QED) is 0.171. The standard InChI is InChI=1S/C32H24F4N4O4/c1-20(41)18-39(31(42)22-9-16-28(33)27(17-22)26-5-3-4-6-29(26)43-2)23-10-7-21(8-11-23)30-37-19-40(38-30)24-12-14-25(15-13-24)44-32(34,35)36/h3-17,19H,18H2,1-2H3. The zero-order valence-corrected chi connectivity index (χ0v) is 23.4. The number of hydrogen-bond donors (Lipinski definition) is 0. The number of methoxy groups -OCH3 is 1. The van der Waals surface area contributed by atoms with Crippen LogP contribution in [0.2, 0.25) is 0 Å². The molecule has 0 spiro atoms. The van der Waals surface area contributed by atoms with Gasteiger partial charge in [-0.2, -0.15) is 0 Å². The lowest BCUT2D eigenvalue weighted by Gasteiger charge is -2.22. The third kappa shape index (κ3) is 6.75. The SMILES string of the molecule is COc1ccccc1-c1cc(C(=O)N(CC(C)=O)c2ccc(-c3ncn(-c4ccc(OC(F)(F)F)cc4)n3)cc2)ccc1F. The van der Waals surface area contributed by atoms with Crippen LogP contribution in [0.4, 0.5) is 23.2 Å². The Morgan fingerprint density at radius 1 is 0.909 bits per heavy atom. The number of rotatable bonds is 9. The highest BCUT2D eigenvalue weighted by Gasteiger charge is 2.31. The van der Waals surface area contributed by atoms with Crippen molar-refractivity contribution in [3.8, 4) is 39.7 Å². The maximum Gasteiger partial charge on any atom is 0.573 e. The molecule has 0 saturated carbocycles. The van der Waals surface area contributed by atoms with Crippen LogP contribution in [0.25, 0.3) is 28.2 Å². The van der Waals surface area contributed by atoms with Gasteiger partial charge in [-0.25, -0.2) is 14.1 Å². The third-order valence-electron chi connectivity index (χ3n) is 6.50. The van der Waals surface area contributed by atoms with E-state index in [1.165, 1.54) is 72.4 Å². The van der Waals surface area contributed by atoms with Crippen LogP contribution in [0.15, 0.2) is 97.3 Å². The van der Waals surface area contributed by atoms with Gasteiger partial charge >= 0.3 is 6.36 Å². The van der Waals surface area contributed by atoms with Gasteiger partial charge in [0.25, 0.3) is 5.91 Å². The highest BCUT2D eigenvalue weighted by atomic mass is 19.4. The van der Waals surface area contributed by atoms with Crippen LogP contribution in [0, 0.1) is 5.82 Å². The summed E-state index contributed by atoms with van der Waals surface area (Å²) in [6.45, 7) is 1.14. The van der Waals surface area contributed by atoms with Gasteiger partial charge in [0.2, 0.25) is 0 Å². The molecule has 0 atom stereocenters. The van der Waals surface area contributed by atoms with Gasteiger partial charge in [-0.3, -0.25) is 9.59 Å². The minimum absolute atomic E-state index is 0.171. The molecule has 224 valence electrons. The van der Waals surface area contributed by atoms with Gasteiger partial charge in [0, 0.05) is 27.9 Å². The van der Waals surface area contributed by atoms with Crippen molar-refractivity contribution in [1.82, 2.24) is 14.8 Å². The average Bonchev–Trinajstić information content (AvgIpc) is 3.50. The highest BCUT2D eigenvalue weighted by Crippen LogP contribution is 2.33. The van der Waals surface area contributed by atoms with E-state index >= 15 is 0 Å². The maximum atomic E-state index is 14.9. The van der Waals surface area contributed by atoms with Crippen LogP contribution >= 0.6 is 0 Å². The van der Waals surface area contributed by atoms with Crippen molar-refractivity contribution in [2.45, 2.75) is 13.3 Å². The van der Waals surface area contributed by atoms with Gasteiger partial charge in [-0.05, 0) is 79.7 Å². The summed E-state index contributed by atoms with van der Waals surface area (Å²) in [4.78, 5) is 31.4. The molecule has 1 heterocycles. The second kappa shape index (κ2) is 12.4. The normalized spacial score (nSPS) is 11.2. The number of alkyl halides is 3. The molecule has 5 aromatic rings. The van der Waals surface area contributed by atoms with Gasteiger partial charge in [0.05, 0.1) is 19.3 Å². The summed E-state index contributed by atoms with van der Waals surface area (Å²) in [5, 5.41) is 4.38. The summed E-state index contributed by atoms with van der Waals surface area (Å²) in [5.41, 5.74) is 2.28. The smallest absolute Gasteiger partial charge is 0.496 e. The van der Waals surface area contributed by atoms with Crippen molar-refractivity contribution >= 4 is 17.4 Å². The molecule has 0 aliphatic rings. The number of carbonyl (C=O) groups is 2. The predicted octanol–water partition coefficient (Wildman–Crippen LogP) is 6.88. The first-order valence-electron chi connectivity index (χ1n) is 13.1. The summed E-state index contributed by atoms with van der Waals surface area (Å²) >= 11 is 0. The molecule has 0 aliphatic carbocycles. The van der Waals surface area contributed by atoms with Crippen LogP contribution in [-0.2, 0) is 4.79 Å². The summed E-state index contributed by atoms with van der Waals surface area (Å²) in [5.74, 6) is -0.914. The molecule has 12 heteroatoms. The van der Waals surface area contributed by atoms with Crippen LogP contribution in [0.1, 0.15) is 17.3 Å². The highest BCUT2D eigenvalue weighted by molar-refractivity contribution is 6.09. The Kier molecular flexibility index (Phi) is 8.43. The second-order valence-electron chi connectivity index (χ2n) is 9.59. The number of Topliss-reactive ketones (excluding diaryl/α,β-unsaturated/α-hetero) is 1. The molecule has 4 aromatic carbocycles. The van der Waals surface area contributed by atoms with E-state index in [1.54, 1.807) is 48.5 Å². The first-order valence-corrected chi connectivity index (χ1v) is 13.1. The molecule has 44 heavy (non-hydrogen) atoms. The Morgan fingerprint density at radius 2 is 1.61 bits per heavy atom. The van der Waals surface area contributed by atoms with Crippen molar-refractivity contribution in [3.63, 3.8) is 0 Å². The molecule has 0 unspecified atom stereocenters. The summed E-state index contributed by atoms with van der Waals surface area (Å²) in [6.07, 6.45) is -3.39. The van der Waals surface area contributed by atoms with Gasteiger partial charge in [0.15, 0.2) is 5.82 Å². The number of halogens is 4. The van der Waals surface area contributed by atoms with Crippen LogP contribution in [-0.4, -0.2) is 46.5 Å². The Balaban J connectivity index is 1.39. The van der Waals surface area contributed by atoms with E-state index in [1.807, 2.05) is 0 Å². The van der Waals surface area contributed by atoms with Crippen molar-refractivity contribution in [1.29, 1.82) is 0 Å². The number of hydrogen-bond acceptors (Lipinski definition) is 6. The van der Waals surface area contributed by atoms with E-state index in [2.05, 4.69) is 14.8 Å². The largest absolute Gasteiger partial charge is 0.573 e. The molecule has 0 fully saturated rings. The number of anilines is 1. The fourth-order valence-electron chi connectivity index (χ4n) is 4.50. The van der Waals surface area contributed by atoms with Crippen LogP contribution < -0.4 is 14.4 Å². The van der Waals surface area contributed by atoms with Crippen molar-refractivity contribution in [3.05, 3.63) is 109 Å². The summed E-state index contributed by atoms with van der Waals surface area (Å²) < 4.78 is 62.8. The van der Waals surface area contributed by atoms with E-state index in [0.29, 0.717) is 34.1 Å². The molecule has 1 amide bonds. The molecule has 8 nitrogen and oxygen atoms in total. The Labute approximate surface area is 249 Å². The topological polar surface area (TPSA) is 86.6 Å². The Morgan fingerprint density at radius 3 is 2.27 bits per heavy atom. The third-order valence-corrected chi connectivity index (χ3v) is 6.50. The predicted molar refractivity (Wildman–Crippen MR) is 154 cm³/mol. The van der Waals surface area contributed by atoms with Crippen molar-refractivity contribution < 1.29 is 36.6 Å². The van der Waals surface area contributed by atoms with Gasteiger partial charge in [-0.1, -0.05) is 18.2 Å². The molecular formula is C32H24F4N4O4. The molecule has 0 N–H and O–H groups in total. The number of amides is 1. The second-order valence-corrected chi connectivity index (χ2v) is 9.59. The minimum atomic E-state index is -4.79. The van der Waals surface area contributed by atoms with E-state index in [9.17, 15) is 27.2 Å². The van der Waals surface area contributed by atoms with Crippen molar-refractivity contribution in [2.24, 2.45) is 0 Å². The molecule has 0 saturated heterocycles. The molecule has 0 bridgehead atoms. The summed E-state index contributed by atoms with van der Waals surface area (Å²) in [7, 11) is 1.47. The average molecular weight is 605 g/mol. The molecule has 5 rings (SSSR count). The summed E-state index contributed by atoms with van der Waals surface area (Å²) in [6, 6.07) is 22.6. The number of carbonyl (C=O) groups excluding carboxylic acids is 2. The molecule has 0 aliphatic heterocycles. The van der Waals surface area contributed by atoms with Gasteiger partial charge in [-0.15, -0.1) is 18.3 Å². The number of aromatic nitrogens is 3. The van der Waals surface area contributed by atoms with Gasteiger partial charge < -0.3 is 14.4 Å². The van der Waals surface area contributed by atoms with E-state index in [4.69, 9.17) is 4.74 Å². The Hall–Kier alpha value is -5.52. The number of ketones is 1. The fraction of sp³-hybridized carbons (Fsp3) is 0.125. The number of nitrogens with zero attached hydrogens (tertiary/aromatic N) is 4. The Bertz CT molecular complexity index is 1800. The first kappa shape index (κ1) is 30.0. The molecular weight excluding hydrogens is 580 g/mol.